The number of carbonyl (C=O) groups is 1. The molecule has 2 atom stereocenters. The minimum Gasteiger partial charge on any atom is -0.394 e. The fourth-order valence-corrected chi connectivity index (χ4v) is 2.98. The summed E-state index contributed by atoms with van der Waals surface area (Å²) in [5.74, 6) is 0. The van der Waals surface area contributed by atoms with E-state index in [0.29, 0.717) is 0 Å². The molecule has 5 heteroatoms. The average Bonchev–Trinajstić information content (AvgIpc) is 2.96. The monoisotopic (exact) mass is 305 g/mol. The van der Waals surface area contributed by atoms with Gasteiger partial charge in [0.25, 0.3) is 0 Å². The maximum absolute atomic E-state index is 12.1. The van der Waals surface area contributed by atoms with Crippen LogP contribution in [-0.2, 0) is 0 Å². The predicted octanol–water partition coefficient (Wildman–Crippen LogP) is 2.12. The Labute approximate surface area is 132 Å². The molecule has 1 aliphatic rings. The molecule has 122 valence electrons. The summed E-state index contributed by atoms with van der Waals surface area (Å²) in [4.78, 5) is 14.4. The average molecular weight is 305 g/mol. The number of aliphatic hydroxyl groups excluding tert-OH is 1. The lowest BCUT2D eigenvalue weighted by Crippen LogP contribution is -2.54. The molecule has 22 heavy (non-hydrogen) atoms. The van der Waals surface area contributed by atoms with Crippen LogP contribution in [0, 0.1) is 0 Å². The number of nitrogens with zero attached hydrogens (tertiary/aromatic N) is 1. The molecule has 1 saturated heterocycles. The zero-order valence-electron chi connectivity index (χ0n) is 13.5. The van der Waals surface area contributed by atoms with Crippen molar-refractivity contribution >= 4 is 11.7 Å². The molecule has 0 aliphatic carbocycles. The highest BCUT2D eigenvalue weighted by Crippen LogP contribution is 2.19. The first kappa shape index (κ1) is 16.6. The summed E-state index contributed by atoms with van der Waals surface area (Å²) in [6, 6.07) is 10.2. The van der Waals surface area contributed by atoms with E-state index in [1.165, 1.54) is 5.69 Å². The molecular formula is C17H27N3O2. The van der Waals surface area contributed by atoms with Crippen molar-refractivity contribution in [2.45, 2.75) is 44.7 Å². The fourth-order valence-electron chi connectivity index (χ4n) is 2.98. The summed E-state index contributed by atoms with van der Waals surface area (Å²) in [6.07, 6.45) is 2.62. The number of para-hydroxylation sites is 1. The third kappa shape index (κ3) is 4.37. The third-order valence-corrected chi connectivity index (χ3v) is 4.21. The normalized spacial score (nSPS) is 20.5. The van der Waals surface area contributed by atoms with Gasteiger partial charge in [-0.25, -0.2) is 4.79 Å². The van der Waals surface area contributed by atoms with Gasteiger partial charge in [-0.3, -0.25) is 0 Å². The lowest BCUT2D eigenvalue weighted by Gasteiger charge is -2.29. The molecule has 1 heterocycles. The number of amides is 2. The van der Waals surface area contributed by atoms with Gasteiger partial charge in [0, 0.05) is 24.8 Å². The van der Waals surface area contributed by atoms with Gasteiger partial charge in [-0.05, 0) is 31.9 Å². The van der Waals surface area contributed by atoms with Gasteiger partial charge >= 0.3 is 6.03 Å². The summed E-state index contributed by atoms with van der Waals surface area (Å²) in [6.45, 7) is 5.64. The van der Waals surface area contributed by atoms with E-state index in [0.717, 1.165) is 32.4 Å². The maximum Gasteiger partial charge on any atom is 0.315 e. The maximum atomic E-state index is 12.1. The van der Waals surface area contributed by atoms with Gasteiger partial charge < -0.3 is 20.6 Å². The number of urea groups is 1. The Bertz CT molecular complexity index is 480. The summed E-state index contributed by atoms with van der Waals surface area (Å²) in [5.41, 5.74) is 0.648. The second-order valence-electron chi connectivity index (χ2n) is 6.33. The molecule has 1 aromatic rings. The summed E-state index contributed by atoms with van der Waals surface area (Å²) < 4.78 is 0. The number of hydrogen-bond donors (Lipinski definition) is 3. The van der Waals surface area contributed by atoms with Gasteiger partial charge in [0.05, 0.1) is 12.1 Å². The molecule has 1 aromatic carbocycles. The Morgan fingerprint density at radius 1 is 1.41 bits per heavy atom. The molecule has 0 saturated carbocycles. The van der Waals surface area contributed by atoms with E-state index in [1.54, 1.807) is 0 Å². The van der Waals surface area contributed by atoms with Crippen molar-refractivity contribution < 1.29 is 9.90 Å². The predicted molar refractivity (Wildman–Crippen MR) is 89.1 cm³/mol. The van der Waals surface area contributed by atoms with Crippen LogP contribution in [0.5, 0.6) is 0 Å². The molecule has 0 radical (unpaired) electrons. The molecule has 0 bridgehead atoms. The minimum absolute atomic E-state index is 0.0466. The first-order valence-corrected chi connectivity index (χ1v) is 8.06. The Morgan fingerprint density at radius 2 is 2.14 bits per heavy atom. The fraction of sp³-hybridized carbons (Fsp3) is 0.588. The van der Waals surface area contributed by atoms with Crippen LogP contribution in [0.3, 0.4) is 0 Å². The van der Waals surface area contributed by atoms with E-state index < -0.39 is 5.54 Å². The third-order valence-electron chi connectivity index (χ3n) is 4.21. The standard InChI is InChI=1S/C17H27N3O2/c1-3-10-17(2,13-21)19-16(22)18-14-9-11-20(12-14)15-7-5-4-6-8-15/h4-8,14,21H,3,9-13H2,1-2H3,(H2,18,19,22). The molecule has 3 N–H and O–H groups in total. The van der Waals surface area contributed by atoms with Crippen LogP contribution in [0.4, 0.5) is 10.5 Å². The van der Waals surface area contributed by atoms with Crippen LogP contribution in [0.1, 0.15) is 33.1 Å². The van der Waals surface area contributed by atoms with E-state index in [1.807, 2.05) is 32.0 Å². The number of benzene rings is 1. The molecule has 0 aromatic heterocycles. The van der Waals surface area contributed by atoms with Gasteiger partial charge in [-0.15, -0.1) is 0 Å². The SMILES string of the molecule is CCCC(C)(CO)NC(=O)NC1CCN(c2ccccc2)C1. The Hall–Kier alpha value is -1.75. The van der Waals surface area contributed by atoms with Crippen molar-refractivity contribution in [3.05, 3.63) is 30.3 Å². The number of aliphatic hydroxyl groups is 1. The summed E-state index contributed by atoms with van der Waals surface area (Å²) >= 11 is 0. The van der Waals surface area contributed by atoms with Crippen LogP contribution in [0.15, 0.2) is 30.3 Å². The first-order valence-electron chi connectivity index (χ1n) is 8.06. The van der Waals surface area contributed by atoms with Crippen LogP contribution >= 0.6 is 0 Å². The van der Waals surface area contributed by atoms with Gasteiger partial charge in [-0.2, -0.15) is 0 Å². The second kappa shape index (κ2) is 7.49. The van der Waals surface area contributed by atoms with E-state index in [-0.39, 0.29) is 18.7 Å². The van der Waals surface area contributed by atoms with E-state index in [2.05, 4.69) is 27.7 Å². The Kier molecular flexibility index (Phi) is 5.66. The molecule has 2 rings (SSSR count). The number of anilines is 1. The summed E-state index contributed by atoms with van der Waals surface area (Å²) in [7, 11) is 0. The highest BCUT2D eigenvalue weighted by atomic mass is 16.3. The van der Waals surface area contributed by atoms with Gasteiger partial charge in [-0.1, -0.05) is 31.5 Å². The highest BCUT2D eigenvalue weighted by Gasteiger charge is 2.28. The van der Waals surface area contributed by atoms with Crippen LogP contribution in [-0.4, -0.2) is 42.4 Å². The van der Waals surface area contributed by atoms with E-state index in [4.69, 9.17) is 0 Å². The van der Waals surface area contributed by atoms with Crippen molar-refractivity contribution in [3.63, 3.8) is 0 Å². The van der Waals surface area contributed by atoms with Gasteiger partial charge in [0.15, 0.2) is 0 Å². The first-order chi connectivity index (χ1) is 10.6. The molecule has 1 fully saturated rings. The quantitative estimate of drug-likeness (QED) is 0.754. The van der Waals surface area contributed by atoms with Crippen molar-refractivity contribution in [2.75, 3.05) is 24.6 Å². The molecule has 0 spiro atoms. The second-order valence-corrected chi connectivity index (χ2v) is 6.33. The lowest BCUT2D eigenvalue weighted by atomic mass is 9.97. The van der Waals surface area contributed by atoms with Crippen molar-refractivity contribution in [2.24, 2.45) is 0 Å². The van der Waals surface area contributed by atoms with Crippen LogP contribution < -0.4 is 15.5 Å². The van der Waals surface area contributed by atoms with Gasteiger partial charge in [0.2, 0.25) is 0 Å². The van der Waals surface area contributed by atoms with E-state index >= 15 is 0 Å². The number of rotatable bonds is 6. The van der Waals surface area contributed by atoms with Crippen molar-refractivity contribution in [1.82, 2.24) is 10.6 Å². The summed E-state index contributed by atoms with van der Waals surface area (Å²) in [5, 5.41) is 15.4. The molecular weight excluding hydrogens is 278 g/mol. The zero-order chi connectivity index (χ0) is 16.0. The molecule has 5 nitrogen and oxygen atoms in total. The largest absolute Gasteiger partial charge is 0.394 e. The van der Waals surface area contributed by atoms with Crippen molar-refractivity contribution in [3.8, 4) is 0 Å². The number of carbonyl (C=O) groups excluding carboxylic acids is 1. The smallest absolute Gasteiger partial charge is 0.315 e. The zero-order valence-corrected chi connectivity index (χ0v) is 13.5. The Balaban J connectivity index is 1.83. The van der Waals surface area contributed by atoms with Crippen LogP contribution in [0.2, 0.25) is 0 Å². The minimum atomic E-state index is -0.545. The van der Waals surface area contributed by atoms with E-state index in [9.17, 15) is 9.90 Å². The molecule has 2 amide bonds. The Morgan fingerprint density at radius 3 is 2.77 bits per heavy atom. The topological polar surface area (TPSA) is 64.6 Å². The van der Waals surface area contributed by atoms with Crippen molar-refractivity contribution in [1.29, 1.82) is 0 Å². The number of nitrogens with one attached hydrogen (secondary N) is 2. The highest BCUT2D eigenvalue weighted by molar-refractivity contribution is 5.75. The van der Waals surface area contributed by atoms with Crippen LogP contribution in [0.25, 0.3) is 0 Å². The molecule has 1 aliphatic heterocycles. The molecule has 2 unspecified atom stereocenters. The lowest BCUT2D eigenvalue weighted by molar-refractivity contribution is 0.162. The number of hydrogen-bond acceptors (Lipinski definition) is 3. The van der Waals surface area contributed by atoms with Gasteiger partial charge in [0.1, 0.15) is 0 Å².